The number of rotatable bonds is 6. The molecule has 2 aromatic rings. The largest absolute Gasteiger partial charge is 0.351 e. The van der Waals surface area contributed by atoms with Crippen molar-refractivity contribution in [1.82, 2.24) is 10.3 Å². The molecule has 0 saturated carbocycles. The number of pyridine rings is 1. The van der Waals surface area contributed by atoms with Gasteiger partial charge in [-0.05, 0) is 23.8 Å². The molecule has 21 heavy (non-hydrogen) atoms. The molecular formula is C15H14ClFN2OS. The Hall–Kier alpha value is -1.59. The molecule has 1 aromatic carbocycles. The van der Waals surface area contributed by atoms with E-state index in [1.165, 1.54) is 18.3 Å². The van der Waals surface area contributed by atoms with Gasteiger partial charge in [0.25, 0.3) is 5.91 Å². The monoisotopic (exact) mass is 324 g/mol. The fourth-order valence-electron chi connectivity index (χ4n) is 1.68. The van der Waals surface area contributed by atoms with Gasteiger partial charge in [0, 0.05) is 29.8 Å². The van der Waals surface area contributed by atoms with Crippen molar-refractivity contribution in [3.05, 3.63) is 64.7 Å². The summed E-state index contributed by atoms with van der Waals surface area (Å²) in [4.78, 5) is 15.6. The predicted octanol–water partition coefficient (Wildman–Crippen LogP) is 3.54. The summed E-state index contributed by atoms with van der Waals surface area (Å²) in [6.45, 7) is 0.512. The average molecular weight is 325 g/mol. The first-order valence-corrected chi connectivity index (χ1v) is 7.91. The van der Waals surface area contributed by atoms with Gasteiger partial charge in [-0.25, -0.2) is 9.37 Å². The van der Waals surface area contributed by atoms with Crippen LogP contribution in [-0.2, 0) is 5.75 Å². The third-order valence-electron chi connectivity index (χ3n) is 2.74. The van der Waals surface area contributed by atoms with Gasteiger partial charge in [0.1, 0.15) is 11.0 Å². The summed E-state index contributed by atoms with van der Waals surface area (Å²) in [7, 11) is 0. The number of halogens is 2. The summed E-state index contributed by atoms with van der Waals surface area (Å²) < 4.78 is 13.4. The van der Waals surface area contributed by atoms with Crippen molar-refractivity contribution in [2.45, 2.75) is 5.75 Å². The van der Waals surface area contributed by atoms with Crippen LogP contribution in [-0.4, -0.2) is 23.2 Å². The second-order valence-electron chi connectivity index (χ2n) is 4.27. The maximum Gasteiger partial charge on any atom is 0.251 e. The molecule has 0 bridgehead atoms. The van der Waals surface area contributed by atoms with Crippen molar-refractivity contribution >= 4 is 29.3 Å². The Balaban J connectivity index is 1.70. The van der Waals surface area contributed by atoms with E-state index in [0.29, 0.717) is 29.2 Å². The normalized spacial score (nSPS) is 10.4. The lowest BCUT2D eigenvalue weighted by molar-refractivity contribution is 0.0956. The van der Waals surface area contributed by atoms with Gasteiger partial charge in [0.15, 0.2) is 0 Å². The number of aromatic nitrogens is 1. The minimum absolute atomic E-state index is 0.189. The van der Waals surface area contributed by atoms with Crippen molar-refractivity contribution in [3.63, 3.8) is 0 Å². The van der Waals surface area contributed by atoms with Crippen LogP contribution >= 0.6 is 23.4 Å². The van der Waals surface area contributed by atoms with E-state index in [1.54, 1.807) is 30.0 Å². The number of benzene rings is 1. The fraction of sp³-hybridized carbons (Fsp3) is 0.200. The van der Waals surface area contributed by atoms with Crippen LogP contribution in [0.15, 0.2) is 42.6 Å². The number of nitrogens with one attached hydrogen (secondary N) is 1. The Morgan fingerprint density at radius 1 is 1.33 bits per heavy atom. The minimum Gasteiger partial charge on any atom is -0.351 e. The second-order valence-corrected chi connectivity index (χ2v) is 5.76. The Bertz CT molecular complexity index is 624. The minimum atomic E-state index is -0.194. The molecular weight excluding hydrogens is 311 g/mol. The molecule has 3 nitrogen and oxygen atoms in total. The topological polar surface area (TPSA) is 42.0 Å². The first-order valence-electron chi connectivity index (χ1n) is 6.38. The molecule has 0 aliphatic heterocycles. The highest BCUT2D eigenvalue weighted by Gasteiger charge is 2.06. The van der Waals surface area contributed by atoms with Crippen molar-refractivity contribution < 1.29 is 9.18 Å². The molecule has 2 rings (SSSR count). The van der Waals surface area contributed by atoms with Crippen LogP contribution in [0.2, 0.25) is 5.15 Å². The quantitative estimate of drug-likeness (QED) is 0.653. The smallest absolute Gasteiger partial charge is 0.251 e. The van der Waals surface area contributed by atoms with Crippen LogP contribution in [0, 0.1) is 5.82 Å². The number of hydrogen-bond donors (Lipinski definition) is 1. The van der Waals surface area contributed by atoms with Gasteiger partial charge >= 0.3 is 0 Å². The highest BCUT2D eigenvalue weighted by Crippen LogP contribution is 2.14. The number of thioether (sulfide) groups is 1. The molecule has 0 spiro atoms. The second kappa shape index (κ2) is 8.00. The lowest BCUT2D eigenvalue weighted by Crippen LogP contribution is -2.25. The lowest BCUT2D eigenvalue weighted by atomic mass is 10.2. The Morgan fingerprint density at radius 2 is 2.14 bits per heavy atom. The van der Waals surface area contributed by atoms with Crippen LogP contribution in [0.1, 0.15) is 15.9 Å². The van der Waals surface area contributed by atoms with Gasteiger partial charge < -0.3 is 5.32 Å². The molecule has 0 fully saturated rings. The first-order chi connectivity index (χ1) is 10.2. The standard InChI is InChI=1S/C15H14ClFN2OS/c16-14-9-11(5-6-18-14)15(20)19-7-8-21-10-12-3-1-2-4-13(12)17/h1-6,9H,7-8,10H2,(H,19,20). The third kappa shape index (κ3) is 5.02. The van der Waals surface area contributed by atoms with Gasteiger partial charge in [0.2, 0.25) is 0 Å². The zero-order valence-corrected chi connectivity index (χ0v) is 12.8. The van der Waals surface area contributed by atoms with E-state index in [4.69, 9.17) is 11.6 Å². The number of carbonyl (C=O) groups excluding carboxylic acids is 1. The van der Waals surface area contributed by atoms with Crippen LogP contribution in [0.25, 0.3) is 0 Å². The van der Waals surface area contributed by atoms with Crippen molar-refractivity contribution in [3.8, 4) is 0 Å². The van der Waals surface area contributed by atoms with Crippen molar-refractivity contribution in [1.29, 1.82) is 0 Å². The number of nitrogens with zero attached hydrogens (tertiary/aromatic N) is 1. The fourth-order valence-corrected chi connectivity index (χ4v) is 2.70. The van der Waals surface area contributed by atoms with E-state index in [-0.39, 0.29) is 16.9 Å². The number of hydrogen-bond acceptors (Lipinski definition) is 3. The summed E-state index contributed by atoms with van der Waals surface area (Å²) in [6.07, 6.45) is 1.49. The van der Waals surface area contributed by atoms with Crippen LogP contribution in [0.3, 0.4) is 0 Å². The summed E-state index contributed by atoms with van der Waals surface area (Å²) in [5, 5.41) is 3.08. The zero-order valence-electron chi connectivity index (χ0n) is 11.2. The van der Waals surface area contributed by atoms with E-state index >= 15 is 0 Å². The number of carbonyl (C=O) groups is 1. The summed E-state index contributed by atoms with van der Waals surface area (Å²) in [5.74, 6) is 0.911. The summed E-state index contributed by atoms with van der Waals surface area (Å²) in [5.41, 5.74) is 1.16. The van der Waals surface area contributed by atoms with E-state index in [2.05, 4.69) is 10.3 Å². The molecule has 0 radical (unpaired) electrons. The average Bonchev–Trinajstić information content (AvgIpc) is 2.48. The van der Waals surface area contributed by atoms with Gasteiger partial charge in [-0.3, -0.25) is 4.79 Å². The van der Waals surface area contributed by atoms with Crippen LogP contribution < -0.4 is 5.32 Å². The van der Waals surface area contributed by atoms with E-state index in [1.807, 2.05) is 6.07 Å². The molecule has 0 aliphatic carbocycles. The SMILES string of the molecule is O=C(NCCSCc1ccccc1F)c1ccnc(Cl)c1. The van der Waals surface area contributed by atoms with Gasteiger partial charge in [-0.1, -0.05) is 29.8 Å². The zero-order chi connectivity index (χ0) is 15.1. The van der Waals surface area contributed by atoms with Crippen molar-refractivity contribution in [2.75, 3.05) is 12.3 Å². The van der Waals surface area contributed by atoms with Gasteiger partial charge in [-0.2, -0.15) is 11.8 Å². The Labute approximate surface area is 131 Å². The molecule has 1 amide bonds. The molecule has 1 aromatic heterocycles. The maximum absolute atomic E-state index is 13.4. The molecule has 0 atom stereocenters. The molecule has 0 saturated heterocycles. The molecule has 0 aliphatic rings. The molecule has 1 heterocycles. The Morgan fingerprint density at radius 3 is 2.90 bits per heavy atom. The molecule has 110 valence electrons. The predicted molar refractivity (Wildman–Crippen MR) is 84.1 cm³/mol. The van der Waals surface area contributed by atoms with E-state index in [0.717, 1.165) is 0 Å². The van der Waals surface area contributed by atoms with Crippen LogP contribution in [0.4, 0.5) is 4.39 Å². The summed E-state index contributed by atoms with van der Waals surface area (Å²) >= 11 is 7.29. The van der Waals surface area contributed by atoms with E-state index < -0.39 is 0 Å². The lowest BCUT2D eigenvalue weighted by Gasteiger charge is -2.06. The first kappa shape index (κ1) is 15.8. The maximum atomic E-state index is 13.4. The molecule has 6 heteroatoms. The van der Waals surface area contributed by atoms with E-state index in [9.17, 15) is 9.18 Å². The summed E-state index contributed by atoms with van der Waals surface area (Å²) in [6, 6.07) is 9.82. The Kier molecular flexibility index (Phi) is 6.02. The van der Waals surface area contributed by atoms with Crippen LogP contribution in [0.5, 0.6) is 0 Å². The van der Waals surface area contributed by atoms with Gasteiger partial charge in [-0.15, -0.1) is 0 Å². The number of amides is 1. The van der Waals surface area contributed by atoms with Crippen molar-refractivity contribution in [2.24, 2.45) is 0 Å². The van der Waals surface area contributed by atoms with Gasteiger partial charge in [0.05, 0.1) is 0 Å². The molecule has 0 unspecified atom stereocenters. The highest BCUT2D eigenvalue weighted by molar-refractivity contribution is 7.98. The highest BCUT2D eigenvalue weighted by atomic mass is 35.5. The molecule has 1 N–H and O–H groups in total. The third-order valence-corrected chi connectivity index (χ3v) is 3.95.